The van der Waals surface area contributed by atoms with Gasteiger partial charge in [-0.1, -0.05) is 23.7 Å². The monoisotopic (exact) mass is 303 g/mol. The Labute approximate surface area is 129 Å². The predicted molar refractivity (Wildman–Crippen MR) is 84.4 cm³/mol. The van der Waals surface area contributed by atoms with E-state index in [0.29, 0.717) is 10.8 Å². The van der Waals surface area contributed by atoms with Gasteiger partial charge in [0.2, 0.25) is 0 Å². The van der Waals surface area contributed by atoms with Crippen LogP contribution in [0.15, 0.2) is 42.6 Å². The van der Waals surface area contributed by atoms with Crippen molar-refractivity contribution in [3.8, 4) is 5.75 Å². The number of nitrogens with zero attached hydrogens (tertiary/aromatic N) is 2. The van der Waals surface area contributed by atoms with Gasteiger partial charge in [0.1, 0.15) is 17.7 Å². The first-order valence-electron chi connectivity index (χ1n) is 7.04. The zero-order valence-corrected chi connectivity index (χ0v) is 12.5. The van der Waals surface area contributed by atoms with Crippen LogP contribution in [0.3, 0.4) is 0 Å². The minimum Gasteiger partial charge on any atom is -0.487 e. The molecule has 0 bridgehead atoms. The Balaban J connectivity index is 1.57. The molecule has 4 nitrogen and oxygen atoms in total. The summed E-state index contributed by atoms with van der Waals surface area (Å²) in [6.07, 6.45) is 2.94. The van der Waals surface area contributed by atoms with Gasteiger partial charge < -0.3 is 10.5 Å². The molecule has 0 saturated carbocycles. The van der Waals surface area contributed by atoms with Crippen molar-refractivity contribution in [2.24, 2.45) is 0 Å². The van der Waals surface area contributed by atoms with E-state index in [1.165, 1.54) is 5.56 Å². The number of hydrogen-bond donors (Lipinski definition) is 1. The minimum atomic E-state index is 0.184. The number of para-hydroxylation sites is 1. The molecule has 0 unspecified atom stereocenters. The molecular formula is C16H18ClN3O. The lowest BCUT2D eigenvalue weighted by molar-refractivity contribution is 0.198. The zero-order valence-electron chi connectivity index (χ0n) is 11.7. The molecule has 2 N–H and O–H groups in total. The predicted octanol–water partition coefficient (Wildman–Crippen LogP) is 2.97. The average molecular weight is 304 g/mol. The molecule has 2 aromatic rings. The number of pyridine rings is 1. The summed E-state index contributed by atoms with van der Waals surface area (Å²) in [7, 11) is 0. The summed E-state index contributed by atoms with van der Waals surface area (Å²) in [6, 6.07) is 11.5. The van der Waals surface area contributed by atoms with Crippen LogP contribution >= 0.6 is 11.6 Å². The van der Waals surface area contributed by atoms with Crippen molar-refractivity contribution in [2.75, 3.05) is 18.8 Å². The molecule has 1 aliphatic rings. The number of halogens is 1. The van der Waals surface area contributed by atoms with Crippen molar-refractivity contribution in [1.82, 2.24) is 9.88 Å². The van der Waals surface area contributed by atoms with Crippen molar-refractivity contribution in [3.05, 3.63) is 53.2 Å². The number of ether oxygens (including phenoxy) is 1. The molecule has 1 aromatic carbocycles. The van der Waals surface area contributed by atoms with Crippen molar-refractivity contribution >= 4 is 17.4 Å². The Morgan fingerprint density at radius 3 is 3.00 bits per heavy atom. The van der Waals surface area contributed by atoms with Gasteiger partial charge in [0.15, 0.2) is 0 Å². The summed E-state index contributed by atoms with van der Waals surface area (Å²) in [5, 5.41) is 0.665. The lowest BCUT2D eigenvalue weighted by Gasteiger charge is -2.17. The standard InChI is InChI=1S/C16H18ClN3O/c17-14-3-1-2-4-15(14)21-13-6-8-20(11-13)10-12-5-7-19-16(18)9-12/h1-5,7,9,13H,6,8,10-11H2,(H2,18,19)/t13-/m1/s1. The number of anilines is 1. The fourth-order valence-electron chi connectivity index (χ4n) is 2.61. The largest absolute Gasteiger partial charge is 0.487 e. The molecule has 1 saturated heterocycles. The van der Waals surface area contributed by atoms with Crippen LogP contribution in [0, 0.1) is 0 Å². The second-order valence-electron chi connectivity index (χ2n) is 5.28. The number of nitrogen functional groups attached to an aromatic ring is 1. The maximum absolute atomic E-state index is 6.13. The maximum atomic E-state index is 6.13. The molecule has 0 spiro atoms. The van der Waals surface area contributed by atoms with E-state index in [1.54, 1.807) is 6.20 Å². The zero-order chi connectivity index (χ0) is 14.7. The molecule has 3 rings (SSSR count). The van der Waals surface area contributed by atoms with Gasteiger partial charge in [-0.2, -0.15) is 0 Å². The molecule has 1 fully saturated rings. The van der Waals surface area contributed by atoms with E-state index in [-0.39, 0.29) is 6.10 Å². The van der Waals surface area contributed by atoms with Crippen LogP contribution in [0.4, 0.5) is 5.82 Å². The van der Waals surface area contributed by atoms with Crippen LogP contribution in [-0.4, -0.2) is 29.1 Å². The fraction of sp³-hybridized carbons (Fsp3) is 0.312. The van der Waals surface area contributed by atoms with E-state index in [0.717, 1.165) is 31.8 Å². The molecule has 1 atom stereocenters. The molecule has 2 heterocycles. The highest BCUT2D eigenvalue weighted by atomic mass is 35.5. The Bertz CT molecular complexity index is 620. The Morgan fingerprint density at radius 2 is 2.19 bits per heavy atom. The first-order valence-corrected chi connectivity index (χ1v) is 7.42. The summed E-state index contributed by atoms with van der Waals surface area (Å²) in [5.74, 6) is 1.33. The lowest BCUT2D eigenvalue weighted by atomic mass is 10.2. The van der Waals surface area contributed by atoms with Crippen LogP contribution in [0.25, 0.3) is 0 Å². The number of likely N-dealkylation sites (tertiary alicyclic amines) is 1. The lowest BCUT2D eigenvalue weighted by Crippen LogP contribution is -2.24. The number of rotatable bonds is 4. The van der Waals surface area contributed by atoms with Gasteiger partial charge in [-0.3, -0.25) is 4.90 Å². The van der Waals surface area contributed by atoms with Crippen molar-refractivity contribution in [2.45, 2.75) is 19.1 Å². The Morgan fingerprint density at radius 1 is 1.33 bits per heavy atom. The van der Waals surface area contributed by atoms with E-state index in [1.807, 2.05) is 36.4 Å². The van der Waals surface area contributed by atoms with Crippen LogP contribution < -0.4 is 10.5 Å². The van der Waals surface area contributed by atoms with Gasteiger partial charge in [0, 0.05) is 25.8 Å². The first kappa shape index (κ1) is 14.2. The van der Waals surface area contributed by atoms with Crippen molar-refractivity contribution in [3.63, 3.8) is 0 Å². The molecular weight excluding hydrogens is 286 g/mol. The maximum Gasteiger partial charge on any atom is 0.138 e. The second kappa shape index (κ2) is 6.33. The number of hydrogen-bond acceptors (Lipinski definition) is 4. The SMILES string of the molecule is Nc1cc(CN2CC[C@@H](Oc3ccccc3Cl)C2)ccn1. The van der Waals surface area contributed by atoms with E-state index in [9.17, 15) is 0 Å². The third-order valence-electron chi connectivity index (χ3n) is 3.61. The van der Waals surface area contributed by atoms with Crippen LogP contribution in [0.1, 0.15) is 12.0 Å². The van der Waals surface area contributed by atoms with Crippen molar-refractivity contribution < 1.29 is 4.74 Å². The summed E-state index contributed by atoms with van der Waals surface area (Å²) < 4.78 is 5.99. The summed E-state index contributed by atoms with van der Waals surface area (Å²) in [5.41, 5.74) is 6.89. The van der Waals surface area contributed by atoms with Gasteiger partial charge in [-0.25, -0.2) is 4.98 Å². The number of aromatic nitrogens is 1. The van der Waals surface area contributed by atoms with E-state index < -0.39 is 0 Å². The van der Waals surface area contributed by atoms with E-state index in [4.69, 9.17) is 22.1 Å². The van der Waals surface area contributed by atoms with Gasteiger partial charge in [-0.05, 0) is 36.2 Å². The van der Waals surface area contributed by atoms with Crippen LogP contribution in [0.2, 0.25) is 5.02 Å². The summed E-state index contributed by atoms with van der Waals surface area (Å²) in [4.78, 5) is 6.37. The Hall–Kier alpha value is -1.78. The van der Waals surface area contributed by atoms with Crippen LogP contribution in [-0.2, 0) is 6.54 Å². The van der Waals surface area contributed by atoms with Gasteiger partial charge in [0.05, 0.1) is 5.02 Å². The second-order valence-corrected chi connectivity index (χ2v) is 5.69. The molecule has 1 aliphatic heterocycles. The normalized spacial score (nSPS) is 18.8. The molecule has 21 heavy (non-hydrogen) atoms. The molecule has 1 aromatic heterocycles. The number of nitrogens with two attached hydrogens (primary N) is 1. The molecule has 110 valence electrons. The minimum absolute atomic E-state index is 0.184. The van der Waals surface area contributed by atoms with Gasteiger partial charge in [-0.15, -0.1) is 0 Å². The van der Waals surface area contributed by atoms with Gasteiger partial charge in [0.25, 0.3) is 0 Å². The topological polar surface area (TPSA) is 51.4 Å². The smallest absolute Gasteiger partial charge is 0.138 e. The highest BCUT2D eigenvalue weighted by Gasteiger charge is 2.24. The molecule has 0 aliphatic carbocycles. The average Bonchev–Trinajstić information content (AvgIpc) is 2.89. The van der Waals surface area contributed by atoms with Crippen molar-refractivity contribution in [1.29, 1.82) is 0 Å². The molecule has 0 amide bonds. The van der Waals surface area contributed by atoms with Gasteiger partial charge >= 0.3 is 0 Å². The first-order chi connectivity index (χ1) is 10.2. The molecule has 0 radical (unpaired) electrons. The molecule has 5 heteroatoms. The Kier molecular flexibility index (Phi) is 4.27. The van der Waals surface area contributed by atoms with E-state index >= 15 is 0 Å². The van der Waals surface area contributed by atoms with Crippen LogP contribution in [0.5, 0.6) is 5.75 Å². The summed E-state index contributed by atoms with van der Waals surface area (Å²) >= 11 is 6.13. The third-order valence-corrected chi connectivity index (χ3v) is 3.92. The quantitative estimate of drug-likeness (QED) is 0.943. The third kappa shape index (κ3) is 3.65. The number of benzene rings is 1. The highest BCUT2D eigenvalue weighted by Crippen LogP contribution is 2.26. The fourth-order valence-corrected chi connectivity index (χ4v) is 2.79. The summed E-state index contributed by atoms with van der Waals surface area (Å²) in [6.45, 7) is 2.78. The van der Waals surface area contributed by atoms with E-state index in [2.05, 4.69) is 9.88 Å². The highest BCUT2D eigenvalue weighted by molar-refractivity contribution is 6.32.